The third-order valence-electron chi connectivity index (χ3n) is 3.74. The van der Waals surface area contributed by atoms with Crippen molar-refractivity contribution >= 4 is 29.9 Å². The SMILES string of the molecule is CCNCc1ccccc1NC(=O)CCNC(=O)Cc1ccccc1.Cl. The highest BCUT2D eigenvalue weighted by molar-refractivity contribution is 5.92. The van der Waals surface area contributed by atoms with Gasteiger partial charge >= 0.3 is 0 Å². The molecule has 0 aliphatic carbocycles. The van der Waals surface area contributed by atoms with Crippen molar-refractivity contribution in [2.24, 2.45) is 0 Å². The summed E-state index contributed by atoms with van der Waals surface area (Å²) in [7, 11) is 0. The molecule has 6 heteroatoms. The Morgan fingerprint density at radius 3 is 2.35 bits per heavy atom. The highest BCUT2D eigenvalue weighted by Gasteiger charge is 2.08. The van der Waals surface area contributed by atoms with Crippen LogP contribution < -0.4 is 16.0 Å². The summed E-state index contributed by atoms with van der Waals surface area (Å²) >= 11 is 0. The van der Waals surface area contributed by atoms with E-state index in [9.17, 15) is 9.59 Å². The van der Waals surface area contributed by atoms with E-state index in [0.29, 0.717) is 19.5 Å². The summed E-state index contributed by atoms with van der Waals surface area (Å²) in [6, 6.07) is 17.3. The molecule has 3 N–H and O–H groups in total. The molecule has 0 unspecified atom stereocenters. The van der Waals surface area contributed by atoms with E-state index in [2.05, 4.69) is 16.0 Å². The van der Waals surface area contributed by atoms with Crippen LogP contribution in [0.5, 0.6) is 0 Å². The lowest BCUT2D eigenvalue weighted by molar-refractivity contribution is -0.120. The van der Waals surface area contributed by atoms with Crippen LogP contribution in [0.3, 0.4) is 0 Å². The molecule has 2 rings (SSSR count). The number of carbonyl (C=O) groups excluding carboxylic acids is 2. The summed E-state index contributed by atoms with van der Waals surface area (Å²) in [5.41, 5.74) is 2.82. The summed E-state index contributed by atoms with van der Waals surface area (Å²) in [6.45, 7) is 3.95. The monoisotopic (exact) mass is 375 g/mol. The van der Waals surface area contributed by atoms with E-state index in [1.165, 1.54) is 0 Å². The Morgan fingerprint density at radius 2 is 1.62 bits per heavy atom. The molecule has 0 radical (unpaired) electrons. The van der Waals surface area contributed by atoms with E-state index < -0.39 is 0 Å². The second kappa shape index (κ2) is 12.1. The third-order valence-corrected chi connectivity index (χ3v) is 3.74. The minimum atomic E-state index is -0.107. The zero-order valence-electron chi connectivity index (χ0n) is 15.0. The largest absolute Gasteiger partial charge is 0.355 e. The zero-order chi connectivity index (χ0) is 17.9. The number of carbonyl (C=O) groups is 2. The van der Waals surface area contributed by atoms with Gasteiger partial charge in [-0.3, -0.25) is 9.59 Å². The molecule has 0 spiro atoms. The number of para-hydroxylation sites is 1. The molecule has 0 aromatic heterocycles. The van der Waals surface area contributed by atoms with Crippen LogP contribution >= 0.6 is 12.4 Å². The fourth-order valence-corrected chi connectivity index (χ4v) is 2.43. The van der Waals surface area contributed by atoms with E-state index in [1.54, 1.807) is 0 Å². The molecule has 0 atom stereocenters. The fraction of sp³-hybridized carbons (Fsp3) is 0.300. The van der Waals surface area contributed by atoms with Gasteiger partial charge in [0.2, 0.25) is 11.8 Å². The summed E-state index contributed by atoms with van der Waals surface area (Å²) in [5.74, 6) is -0.185. The minimum Gasteiger partial charge on any atom is -0.355 e. The Hall–Kier alpha value is -2.37. The molecule has 0 heterocycles. The maximum absolute atomic E-state index is 12.1. The van der Waals surface area contributed by atoms with Crippen molar-refractivity contribution in [1.82, 2.24) is 10.6 Å². The van der Waals surface area contributed by atoms with Crippen molar-refractivity contribution in [2.75, 3.05) is 18.4 Å². The normalized spacial score (nSPS) is 9.88. The Morgan fingerprint density at radius 1 is 0.923 bits per heavy atom. The second-order valence-electron chi connectivity index (χ2n) is 5.75. The van der Waals surface area contributed by atoms with Crippen molar-refractivity contribution in [2.45, 2.75) is 26.3 Å². The van der Waals surface area contributed by atoms with Crippen LogP contribution in [-0.2, 0) is 22.6 Å². The van der Waals surface area contributed by atoms with Crippen molar-refractivity contribution in [3.05, 3.63) is 65.7 Å². The van der Waals surface area contributed by atoms with Crippen LogP contribution in [-0.4, -0.2) is 24.9 Å². The molecule has 0 saturated heterocycles. The summed E-state index contributed by atoms with van der Waals surface area (Å²) < 4.78 is 0. The van der Waals surface area contributed by atoms with Crippen molar-refractivity contribution < 1.29 is 9.59 Å². The van der Waals surface area contributed by atoms with Gasteiger partial charge in [0.15, 0.2) is 0 Å². The Kier molecular flexibility index (Phi) is 10.1. The van der Waals surface area contributed by atoms with Gasteiger partial charge in [-0.2, -0.15) is 0 Å². The van der Waals surface area contributed by atoms with Crippen molar-refractivity contribution in [1.29, 1.82) is 0 Å². The van der Waals surface area contributed by atoms with Crippen molar-refractivity contribution in [3.63, 3.8) is 0 Å². The molecule has 0 aliphatic rings. The van der Waals surface area contributed by atoms with Crippen molar-refractivity contribution in [3.8, 4) is 0 Å². The summed E-state index contributed by atoms with van der Waals surface area (Å²) in [4.78, 5) is 24.0. The van der Waals surface area contributed by atoms with E-state index in [-0.39, 0.29) is 30.6 Å². The Balaban J connectivity index is 0.00000338. The number of amides is 2. The van der Waals surface area contributed by atoms with Gasteiger partial charge in [-0.1, -0.05) is 55.5 Å². The molecule has 2 aromatic carbocycles. The van der Waals surface area contributed by atoms with Crippen LogP contribution in [0.25, 0.3) is 0 Å². The summed E-state index contributed by atoms with van der Waals surface area (Å²) in [6.07, 6.45) is 0.573. The van der Waals surface area contributed by atoms with E-state index in [0.717, 1.165) is 23.4 Å². The molecular formula is C20H26ClN3O2. The smallest absolute Gasteiger partial charge is 0.226 e. The molecule has 2 aromatic rings. The zero-order valence-corrected chi connectivity index (χ0v) is 15.8. The third kappa shape index (κ3) is 7.68. The Bertz CT molecular complexity index is 692. The second-order valence-corrected chi connectivity index (χ2v) is 5.75. The first-order valence-electron chi connectivity index (χ1n) is 8.58. The van der Waals surface area contributed by atoms with Crippen LogP contribution in [0, 0.1) is 0 Å². The van der Waals surface area contributed by atoms with Gasteiger partial charge in [0.05, 0.1) is 6.42 Å². The molecule has 5 nitrogen and oxygen atoms in total. The van der Waals surface area contributed by atoms with Gasteiger partial charge in [-0.25, -0.2) is 0 Å². The number of benzene rings is 2. The number of rotatable bonds is 9. The van der Waals surface area contributed by atoms with E-state index in [4.69, 9.17) is 0 Å². The minimum absolute atomic E-state index is 0. The van der Waals surface area contributed by atoms with Crippen LogP contribution in [0.4, 0.5) is 5.69 Å². The predicted molar refractivity (Wildman–Crippen MR) is 107 cm³/mol. The molecular weight excluding hydrogens is 350 g/mol. The first kappa shape index (κ1) is 21.7. The van der Waals surface area contributed by atoms with Crippen LogP contribution in [0.15, 0.2) is 54.6 Å². The number of nitrogens with one attached hydrogen (secondary N) is 3. The lowest BCUT2D eigenvalue weighted by Gasteiger charge is -2.11. The van der Waals surface area contributed by atoms with Gasteiger partial charge < -0.3 is 16.0 Å². The molecule has 0 fully saturated rings. The lowest BCUT2D eigenvalue weighted by atomic mass is 10.1. The highest BCUT2D eigenvalue weighted by atomic mass is 35.5. The first-order valence-corrected chi connectivity index (χ1v) is 8.58. The Labute approximate surface area is 161 Å². The maximum Gasteiger partial charge on any atom is 0.226 e. The highest BCUT2D eigenvalue weighted by Crippen LogP contribution is 2.14. The molecule has 0 aliphatic heterocycles. The van der Waals surface area contributed by atoms with Crippen LogP contribution in [0.2, 0.25) is 0 Å². The average molecular weight is 376 g/mol. The fourth-order valence-electron chi connectivity index (χ4n) is 2.43. The molecule has 0 saturated carbocycles. The number of halogens is 1. The molecule has 0 bridgehead atoms. The lowest BCUT2D eigenvalue weighted by Crippen LogP contribution is -2.29. The molecule has 26 heavy (non-hydrogen) atoms. The number of anilines is 1. The first-order chi connectivity index (χ1) is 12.2. The standard InChI is InChI=1S/C20H25N3O2.ClH/c1-2-21-15-17-10-6-7-11-18(17)23-19(24)12-13-22-20(25)14-16-8-4-3-5-9-16;/h3-11,21H,2,12-15H2,1H3,(H,22,25)(H,23,24);1H. The quantitative estimate of drug-likeness (QED) is 0.631. The van der Waals surface area contributed by atoms with Gasteiger partial charge in [0, 0.05) is 25.2 Å². The topological polar surface area (TPSA) is 70.2 Å². The molecule has 140 valence electrons. The van der Waals surface area contributed by atoms with Gasteiger partial charge in [-0.05, 0) is 23.7 Å². The van der Waals surface area contributed by atoms with Gasteiger partial charge in [0.1, 0.15) is 0 Å². The van der Waals surface area contributed by atoms with Crippen LogP contribution in [0.1, 0.15) is 24.5 Å². The van der Waals surface area contributed by atoms with Gasteiger partial charge in [0.25, 0.3) is 0 Å². The predicted octanol–water partition coefficient (Wildman–Crippen LogP) is 2.91. The van der Waals surface area contributed by atoms with E-state index >= 15 is 0 Å². The van der Waals surface area contributed by atoms with Gasteiger partial charge in [-0.15, -0.1) is 12.4 Å². The maximum atomic E-state index is 12.1. The number of hydrogen-bond acceptors (Lipinski definition) is 3. The number of hydrogen-bond donors (Lipinski definition) is 3. The van der Waals surface area contributed by atoms with E-state index in [1.807, 2.05) is 61.5 Å². The average Bonchev–Trinajstić information content (AvgIpc) is 2.62. The summed E-state index contributed by atoms with van der Waals surface area (Å²) in [5, 5.41) is 8.95. The molecule has 2 amide bonds.